The Labute approximate surface area is 160 Å². The fourth-order valence-corrected chi connectivity index (χ4v) is 3.94. The predicted molar refractivity (Wildman–Crippen MR) is 106 cm³/mol. The van der Waals surface area contributed by atoms with Gasteiger partial charge >= 0.3 is 0 Å². The van der Waals surface area contributed by atoms with Gasteiger partial charge in [0, 0.05) is 29.7 Å². The number of pyridine rings is 1. The maximum absolute atomic E-state index is 4.34. The van der Waals surface area contributed by atoms with Gasteiger partial charge in [0.1, 0.15) is 0 Å². The first-order valence-electron chi connectivity index (χ1n) is 8.70. The number of nitrogens with one attached hydrogen (secondary N) is 2. The molecule has 0 spiro atoms. The summed E-state index contributed by atoms with van der Waals surface area (Å²) in [5, 5.41) is 15.2. The summed E-state index contributed by atoms with van der Waals surface area (Å²) in [5.41, 5.74) is 2.41. The number of aromatic nitrogens is 3. The number of halogens is 1. The molecule has 0 bridgehead atoms. The fraction of sp³-hybridized carbons (Fsp3) is 0.316. The molecule has 2 aromatic heterocycles. The van der Waals surface area contributed by atoms with Crippen LogP contribution in [0.3, 0.4) is 0 Å². The van der Waals surface area contributed by atoms with Crippen LogP contribution in [-0.2, 0) is 12.0 Å². The molecule has 1 aliphatic carbocycles. The molecule has 1 saturated carbocycles. The molecular formula is C19H21BrN6. The van der Waals surface area contributed by atoms with Gasteiger partial charge in [-0.3, -0.25) is 9.39 Å². The average molecular weight is 413 g/mol. The van der Waals surface area contributed by atoms with E-state index in [0.717, 1.165) is 24.0 Å². The quantitative estimate of drug-likeness (QED) is 0.499. The second-order valence-corrected chi connectivity index (χ2v) is 7.44. The van der Waals surface area contributed by atoms with E-state index >= 15 is 0 Å². The van der Waals surface area contributed by atoms with Crippen molar-refractivity contribution in [2.24, 2.45) is 4.99 Å². The molecule has 7 heteroatoms. The topological polar surface area (TPSA) is 66.6 Å². The Morgan fingerprint density at radius 3 is 2.73 bits per heavy atom. The minimum Gasteiger partial charge on any atom is -0.356 e. The third-order valence-corrected chi connectivity index (χ3v) is 5.61. The van der Waals surface area contributed by atoms with Crippen molar-refractivity contribution >= 4 is 27.5 Å². The van der Waals surface area contributed by atoms with Crippen LogP contribution in [0.15, 0.2) is 58.1 Å². The minimum absolute atomic E-state index is 0.194. The van der Waals surface area contributed by atoms with Gasteiger partial charge in [0.05, 0.1) is 6.54 Å². The Kier molecular flexibility index (Phi) is 4.63. The molecule has 1 aromatic carbocycles. The van der Waals surface area contributed by atoms with Crippen LogP contribution in [0.5, 0.6) is 0 Å². The second-order valence-electron chi connectivity index (χ2n) is 6.58. The summed E-state index contributed by atoms with van der Waals surface area (Å²) in [6.07, 6.45) is 4.34. The number of hydrogen-bond donors (Lipinski definition) is 2. The second kappa shape index (κ2) is 7.07. The van der Waals surface area contributed by atoms with Crippen molar-refractivity contribution in [3.63, 3.8) is 0 Å². The lowest BCUT2D eigenvalue weighted by Crippen LogP contribution is -2.41. The lowest BCUT2D eigenvalue weighted by Gasteiger charge is -2.20. The molecule has 3 aromatic rings. The summed E-state index contributed by atoms with van der Waals surface area (Å²) in [6, 6.07) is 14.3. The van der Waals surface area contributed by atoms with E-state index in [1.165, 1.54) is 22.9 Å². The zero-order chi connectivity index (χ0) is 18.0. The molecule has 1 aliphatic rings. The van der Waals surface area contributed by atoms with Gasteiger partial charge in [-0.2, -0.15) is 0 Å². The van der Waals surface area contributed by atoms with Crippen molar-refractivity contribution in [2.75, 3.05) is 13.6 Å². The number of benzene rings is 1. The number of rotatable bonds is 5. The molecule has 0 saturated heterocycles. The SMILES string of the molecule is CN=C(NCc1nnc2ccccn12)NCC1(c2ccccc2Br)CC1. The molecule has 0 radical (unpaired) electrons. The zero-order valence-electron chi connectivity index (χ0n) is 14.6. The van der Waals surface area contributed by atoms with Crippen LogP contribution < -0.4 is 10.6 Å². The van der Waals surface area contributed by atoms with Crippen molar-refractivity contribution in [3.05, 3.63) is 64.5 Å². The first-order chi connectivity index (χ1) is 12.7. The van der Waals surface area contributed by atoms with Crippen molar-refractivity contribution in [1.82, 2.24) is 25.2 Å². The van der Waals surface area contributed by atoms with Crippen LogP contribution >= 0.6 is 15.9 Å². The highest BCUT2D eigenvalue weighted by Gasteiger charge is 2.45. The minimum atomic E-state index is 0.194. The highest BCUT2D eigenvalue weighted by molar-refractivity contribution is 9.10. The van der Waals surface area contributed by atoms with Gasteiger partial charge in [0.15, 0.2) is 17.4 Å². The largest absolute Gasteiger partial charge is 0.356 e. The lowest BCUT2D eigenvalue weighted by atomic mass is 9.96. The molecule has 0 unspecified atom stereocenters. The van der Waals surface area contributed by atoms with E-state index in [4.69, 9.17) is 0 Å². The fourth-order valence-electron chi connectivity index (χ4n) is 3.23. The number of hydrogen-bond acceptors (Lipinski definition) is 3. The Hall–Kier alpha value is -2.41. The monoisotopic (exact) mass is 412 g/mol. The third-order valence-electron chi connectivity index (χ3n) is 4.91. The van der Waals surface area contributed by atoms with E-state index < -0.39 is 0 Å². The van der Waals surface area contributed by atoms with Crippen LogP contribution in [0.4, 0.5) is 0 Å². The predicted octanol–water partition coefficient (Wildman–Crippen LogP) is 2.89. The molecule has 0 amide bonds. The van der Waals surface area contributed by atoms with E-state index in [1.807, 2.05) is 28.8 Å². The van der Waals surface area contributed by atoms with Crippen LogP contribution in [0.25, 0.3) is 5.65 Å². The Morgan fingerprint density at radius 2 is 1.96 bits per heavy atom. The normalized spacial score (nSPS) is 15.8. The molecule has 6 nitrogen and oxygen atoms in total. The van der Waals surface area contributed by atoms with Crippen LogP contribution in [0.2, 0.25) is 0 Å². The van der Waals surface area contributed by atoms with Gasteiger partial charge < -0.3 is 10.6 Å². The molecular weight excluding hydrogens is 392 g/mol. The van der Waals surface area contributed by atoms with Crippen molar-refractivity contribution in [1.29, 1.82) is 0 Å². The zero-order valence-corrected chi connectivity index (χ0v) is 16.2. The van der Waals surface area contributed by atoms with E-state index in [2.05, 4.69) is 66.0 Å². The molecule has 2 heterocycles. The Bertz CT molecular complexity index is 944. The molecule has 26 heavy (non-hydrogen) atoms. The summed E-state index contributed by atoms with van der Waals surface area (Å²) in [5.74, 6) is 1.63. The van der Waals surface area contributed by atoms with Crippen LogP contribution in [-0.4, -0.2) is 34.2 Å². The first-order valence-corrected chi connectivity index (χ1v) is 9.49. The Balaban J connectivity index is 1.39. The smallest absolute Gasteiger partial charge is 0.191 e. The van der Waals surface area contributed by atoms with Gasteiger partial charge in [-0.05, 0) is 36.6 Å². The highest BCUT2D eigenvalue weighted by atomic mass is 79.9. The lowest BCUT2D eigenvalue weighted by molar-refractivity contribution is 0.640. The van der Waals surface area contributed by atoms with Gasteiger partial charge in [-0.1, -0.05) is 40.2 Å². The number of nitrogens with zero attached hydrogens (tertiary/aromatic N) is 4. The molecule has 0 atom stereocenters. The molecule has 134 valence electrons. The molecule has 4 rings (SSSR count). The van der Waals surface area contributed by atoms with Gasteiger partial charge in [0.25, 0.3) is 0 Å². The summed E-state index contributed by atoms with van der Waals surface area (Å²) >= 11 is 3.68. The molecule has 0 aliphatic heterocycles. The van der Waals surface area contributed by atoms with Gasteiger partial charge in [-0.15, -0.1) is 10.2 Å². The average Bonchev–Trinajstić information content (AvgIpc) is 3.35. The maximum Gasteiger partial charge on any atom is 0.191 e. The van der Waals surface area contributed by atoms with E-state index in [1.54, 1.807) is 7.05 Å². The summed E-state index contributed by atoms with van der Waals surface area (Å²) in [7, 11) is 1.79. The number of aliphatic imine (C=N–C) groups is 1. The standard InChI is InChI=1S/C19H21BrN6/c1-21-18(22-12-17-25-24-16-8-4-5-11-26(16)17)23-13-19(9-10-19)14-6-2-3-7-15(14)20/h2-8,11H,9-10,12-13H2,1H3,(H2,21,22,23). The van der Waals surface area contributed by atoms with Crippen molar-refractivity contribution < 1.29 is 0 Å². The summed E-state index contributed by atoms with van der Waals surface area (Å²) in [4.78, 5) is 4.34. The van der Waals surface area contributed by atoms with E-state index in [-0.39, 0.29) is 5.41 Å². The van der Waals surface area contributed by atoms with Gasteiger partial charge in [0.2, 0.25) is 0 Å². The maximum atomic E-state index is 4.34. The van der Waals surface area contributed by atoms with Crippen LogP contribution in [0.1, 0.15) is 24.2 Å². The summed E-state index contributed by atoms with van der Waals surface area (Å²) < 4.78 is 3.15. The summed E-state index contributed by atoms with van der Waals surface area (Å²) in [6.45, 7) is 1.42. The number of fused-ring (bicyclic) bond motifs is 1. The molecule has 2 N–H and O–H groups in total. The van der Waals surface area contributed by atoms with Crippen molar-refractivity contribution in [3.8, 4) is 0 Å². The van der Waals surface area contributed by atoms with E-state index in [0.29, 0.717) is 6.54 Å². The van der Waals surface area contributed by atoms with Crippen molar-refractivity contribution in [2.45, 2.75) is 24.8 Å². The third kappa shape index (κ3) is 3.31. The Morgan fingerprint density at radius 1 is 1.15 bits per heavy atom. The molecule has 1 fully saturated rings. The highest BCUT2D eigenvalue weighted by Crippen LogP contribution is 2.49. The number of guanidine groups is 1. The van der Waals surface area contributed by atoms with Crippen LogP contribution in [0, 0.1) is 0 Å². The van der Waals surface area contributed by atoms with E-state index in [9.17, 15) is 0 Å². The van der Waals surface area contributed by atoms with Gasteiger partial charge in [-0.25, -0.2) is 0 Å². The first kappa shape index (κ1) is 17.0.